The first-order valence-corrected chi connectivity index (χ1v) is 5.32. The molecule has 2 N–H and O–H groups in total. The third-order valence-electron chi connectivity index (χ3n) is 3.04. The van der Waals surface area contributed by atoms with Crippen LogP contribution >= 0.6 is 0 Å². The van der Waals surface area contributed by atoms with Gasteiger partial charge in [-0.1, -0.05) is 0 Å². The Kier molecular flexibility index (Phi) is 4.12. The van der Waals surface area contributed by atoms with Gasteiger partial charge in [-0.15, -0.1) is 0 Å². The fourth-order valence-corrected chi connectivity index (χ4v) is 1.67. The lowest BCUT2D eigenvalue weighted by molar-refractivity contribution is -0.141. The Bertz CT molecular complexity index is 282. The number of nitrogens with zero attached hydrogens (tertiary/aromatic N) is 2. The SMILES string of the molecule is CC(CO)N(C)C(=O)N1CCC(C(=O)O)C1. The Morgan fingerprint density at radius 2 is 2.19 bits per heavy atom. The van der Waals surface area contributed by atoms with Crippen LogP contribution in [0.5, 0.6) is 0 Å². The van der Waals surface area contributed by atoms with Gasteiger partial charge in [0.1, 0.15) is 0 Å². The molecule has 1 heterocycles. The number of carboxylic acids is 1. The summed E-state index contributed by atoms with van der Waals surface area (Å²) in [5, 5.41) is 17.7. The van der Waals surface area contributed by atoms with E-state index in [0.717, 1.165) is 0 Å². The van der Waals surface area contributed by atoms with Gasteiger partial charge in [0.2, 0.25) is 0 Å². The van der Waals surface area contributed by atoms with Gasteiger partial charge in [-0.05, 0) is 13.3 Å². The first kappa shape index (κ1) is 12.8. The lowest BCUT2D eigenvalue weighted by Crippen LogP contribution is -2.45. The predicted octanol–water partition coefficient (Wildman–Crippen LogP) is -0.175. The zero-order chi connectivity index (χ0) is 12.3. The molecule has 0 aromatic rings. The van der Waals surface area contributed by atoms with E-state index in [4.69, 9.17) is 10.2 Å². The summed E-state index contributed by atoms with van der Waals surface area (Å²) in [5.74, 6) is -1.31. The van der Waals surface area contributed by atoms with Crippen molar-refractivity contribution in [2.45, 2.75) is 19.4 Å². The zero-order valence-corrected chi connectivity index (χ0v) is 9.59. The van der Waals surface area contributed by atoms with Gasteiger partial charge in [0, 0.05) is 20.1 Å². The number of aliphatic hydroxyl groups excluding tert-OH is 1. The number of carboxylic acid groups (broad SMARTS) is 1. The minimum atomic E-state index is -0.854. The van der Waals surface area contributed by atoms with Crippen LogP contribution < -0.4 is 0 Å². The fraction of sp³-hybridized carbons (Fsp3) is 0.800. The van der Waals surface area contributed by atoms with E-state index in [1.165, 1.54) is 9.80 Å². The molecule has 1 saturated heterocycles. The van der Waals surface area contributed by atoms with E-state index in [2.05, 4.69) is 0 Å². The number of amides is 2. The molecule has 0 aromatic heterocycles. The quantitative estimate of drug-likeness (QED) is 0.705. The number of hydrogen-bond donors (Lipinski definition) is 2. The number of carbonyl (C=O) groups excluding carboxylic acids is 1. The minimum absolute atomic E-state index is 0.0988. The summed E-state index contributed by atoms with van der Waals surface area (Å²) in [5.41, 5.74) is 0. The lowest BCUT2D eigenvalue weighted by Gasteiger charge is -2.28. The van der Waals surface area contributed by atoms with E-state index in [1.54, 1.807) is 14.0 Å². The van der Waals surface area contributed by atoms with Crippen molar-refractivity contribution in [3.8, 4) is 0 Å². The molecule has 1 rings (SSSR count). The molecule has 1 aliphatic rings. The predicted molar refractivity (Wildman–Crippen MR) is 57.0 cm³/mol. The van der Waals surface area contributed by atoms with Crippen LogP contribution in [0.2, 0.25) is 0 Å². The van der Waals surface area contributed by atoms with Crippen LogP contribution in [0.3, 0.4) is 0 Å². The molecule has 0 aromatic carbocycles. The summed E-state index contributed by atoms with van der Waals surface area (Å²) < 4.78 is 0. The van der Waals surface area contributed by atoms with Crippen molar-refractivity contribution in [1.29, 1.82) is 0 Å². The molecule has 2 atom stereocenters. The number of likely N-dealkylation sites (N-methyl/N-ethyl adjacent to an activating group) is 1. The van der Waals surface area contributed by atoms with Crippen molar-refractivity contribution in [3.63, 3.8) is 0 Å². The largest absolute Gasteiger partial charge is 0.481 e. The van der Waals surface area contributed by atoms with E-state index < -0.39 is 11.9 Å². The van der Waals surface area contributed by atoms with Crippen LogP contribution in [0.25, 0.3) is 0 Å². The Morgan fingerprint density at radius 1 is 1.56 bits per heavy atom. The Labute approximate surface area is 94.4 Å². The van der Waals surface area contributed by atoms with Crippen molar-refractivity contribution >= 4 is 12.0 Å². The number of urea groups is 1. The Hall–Kier alpha value is -1.30. The highest BCUT2D eigenvalue weighted by Crippen LogP contribution is 2.18. The Balaban J connectivity index is 2.54. The van der Waals surface area contributed by atoms with Gasteiger partial charge < -0.3 is 20.0 Å². The summed E-state index contributed by atoms with van der Waals surface area (Å²) in [7, 11) is 1.61. The normalized spacial score (nSPS) is 21.9. The van der Waals surface area contributed by atoms with Crippen molar-refractivity contribution in [2.75, 3.05) is 26.7 Å². The topological polar surface area (TPSA) is 81.1 Å². The maximum Gasteiger partial charge on any atom is 0.320 e. The number of aliphatic hydroxyl groups is 1. The third kappa shape index (κ3) is 2.63. The van der Waals surface area contributed by atoms with Crippen LogP contribution in [0.1, 0.15) is 13.3 Å². The van der Waals surface area contributed by atoms with Crippen LogP contribution in [-0.4, -0.2) is 64.8 Å². The van der Waals surface area contributed by atoms with E-state index in [9.17, 15) is 9.59 Å². The molecule has 1 fully saturated rings. The molecule has 1 aliphatic heterocycles. The Morgan fingerprint density at radius 3 is 2.62 bits per heavy atom. The van der Waals surface area contributed by atoms with E-state index in [-0.39, 0.29) is 25.2 Å². The summed E-state index contributed by atoms with van der Waals surface area (Å²) in [6.45, 7) is 2.37. The lowest BCUT2D eigenvalue weighted by atomic mass is 10.1. The van der Waals surface area contributed by atoms with Gasteiger partial charge in [0.15, 0.2) is 0 Å². The molecule has 2 unspecified atom stereocenters. The molecular formula is C10H18N2O4. The number of likely N-dealkylation sites (tertiary alicyclic amines) is 1. The van der Waals surface area contributed by atoms with Crippen molar-refractivity contribution in [3.05, 3.63) is 0 Å². The molecule has 0 bridgehead atoms. The first-order chi connectivity index (χ1) is 7.47. The highest BCUT2D eigenvalue weighted by Gasteiger charge is 2.32. The molecule has 6 nitrogen and oxygen atoms in total. The van der Waals surface area contributed by atoms with Crippen molar-refractivity contribution < 1.29 is 19.8 Å². The zero-order valence-electron chi connectivity index (χ0n) is 9.59. The molecule has 0 aliphatic carbocycles. The second-order valence-corrected chi connectivity index (χ2v) is 4.19. The molecule has 0 radical (unpaired) electrons. The standard InChI is InChI=1S/C10H18N2O4/c1-7(6-13)11(2)10(16)12-4-3-8(5-12)9(14)15/h7-8,13H,3-6H2,1-2H3,(H,14,15). The van der Waals surface area contributed by atoms with Gasteiger partial charge in [-0.3, -0.25) is 4.79 Å². The monoisotopic (exact) mass is 230 g/mol. The van der Waals surface area contributed by atoms with Crippen molar-refractivity contribution in [2.24, 2.45) is 5.92 Å². The van der Waals surface area contributed by atoms with Gasteiger partial charge in [-0.2, -0.15) is 0 Å². The molecule has 2 amide bonds. The maximum absolute atomic E-state index is 11.9. The summed E-state index contributed by atoms with van der Waals surface area (Å²) in [4.78, 5) is 25.6. The smallest absolute Gasteiger partial charge is 0.320 e. The molecule has 6 heteroatoms. The fourth-order valence-electron chi connectivity index (χ4n) is 1.67. The number of hydrogen-bond acceptors (Lipinski definition) is 3. The average Bonchev–Trinajstić information content (AvgIpc) is 2.75. The number of carbonyl (C=O) groups is 2. The van der Waals surface area contributed by atoms with Gasteiger partial charge in [0.25, 0.3) is 0 Å². The van der Waals surface area contributed by atoms with Gasteiger partial charge in [-0.25, -0.2) is 4.79 Å². The maximum atomic E-state index is 11.9. The van der Waals surface area contributed by atoms with Crippen LogP contribution in [0, 0.1) is 5.92 Å². The van der Waals surface area contributed by atoms with Crippen molar-refractivity contribution in [1.82, 2.24) is 9.80 Å². The first-order valence-electron chi connectivity index (χ1n) is 5.32. The van der Waals surface area contributed by atoms with E-state index >= 15 is 0 Å². The van der Waals surface area contributed by atoms with Crippen LogP contribution in [-0.2, 0) is 4.79 Å². The third-order valence-corrected chi connectivity index (χ3v) is 3.04. The second-order valence-electron chi connectivity index (χ2n) is 4.19. The number of aliphatic carboxylic acids is 1. The van der Waals surface area contributed by atoms with Crippen LogP contribution in [0.4, 0.5) is 4.79 Å². The average molecular weight is 230 g/mol. The van der Waals surface area contributed by atoms with E-state index in [0.29, 0.717) is 13.0 Å². The van der Waals surface area contributed by atoms with Gasteiger partial charge >= 0.3 is 12.0 Å². The summed E-state index contributed by atoms with van der Waals surface area (Å²) in [6.07, 6.45) is 0.502. The van der Waals surface area contributed by atoms with E-state index in [1.807, 2.05) is 0 Å². The highest BCUT2D eigenvalue weighted by atomic mass is 16.4. The highest BCUT2D eigenvalue weighted by molar-refractivity contribution is 5.77. The molecular weight excluding hydrogens is 212 g/mol. The summed E-state index contributed by atoms with van der Waals surface area (Å²) >= 11 is 0. The summed E-state index contributed by atoms with van der Waals surface area (Å²) in [6, 6.07) is -0.471. The molecule has 0 saturated carbocycles. The molecule has 16 heavy (non-hydrogen) atoms. The molecule has 0 spiro atoms. The van der Waals surface area contributed by atoms with Crippen LogP contribution in [0.15, 0.2) is 0 Å². The minimum Gasteiger partial charge on any atom is -0.481 e. The van der Waals surface area contributed by atoms with Gasteiger partial charge in [0.05, 0.1) is 18.6 Å². The second kappa shape index (κ2) is 5.16. The number of rotatable bonds is 3. The molecule has 92 valence electrons.